The molecule has 3 nitrogen and oxygen atoms in total. The second-order valence-electron chi connectivity index (χ2n) is 3.75. The Morgan fingerprint density at radius 2 is 2.06 bits per heavy atom. The molecule has 0 unspecified atom stereocenters. The molecule has 0 aromatic carbocycles. The molecular weight excluding hydrogens is 253 g/mol. The van der Waals surface area contributed by atoms with Crippen LogP contribution in [0.4, 0.5) is 18.3 Å². The van der Waals surface area contributed by atoms with Gasteiger partial charge < -0.3 is 10.0 Å². The Morgan fingerprint density at radius 3 is 2.53 bits per heavy atom. The number of hydrogen-bond acceptors (Lipinski definition) is 4. The maximum Gasteiger partial charge on any atom is 0.405 e. The molecule has 0 spiro atoms. The van der Waals surface area contributed by atoms with E-state index in [2.05, 4.69) is 4.98 Å². The third-order valence-corrected chi connectivity index (χ3v) is 3.34. The van der Waals surface area contributed by atoms with E-state index in [1.54, 1.807) is 0 Å². The summed E-state index contributed by atoms with van der Waals surface area (Å²) in [6.45, 7) is 0.753. The maximum absolute atomic E-state index is 12.2. The van der Waals surface area contributed by atoms with Gasteiger partial charge in [-0.3, -0.25) is 0 Å². The van der Waals surface area contributed by atoms with Gasteiger partial charge in [-0.25, -0.2) is 4.98 Å². The molecule has 0 saturated carbocycles. The number of hydrogen-bond donors (Lipinski definition) is 1. The first kappa shape index (κ1) is 14.2. The van der Waals surface area contributed by atoms with E-state index in [0.29, 0.717) is 22.1 Å². The second kappa shape index (κ2) is 5.68. The van der Waals surface area contributed by atoms with Crippen LogP contribution in [0.15, 0.2) is 0 Å². The van der Waals surface area contributed by atoms with Gasteiger partial charge in [0.25, 0.3) is 0 Å². The molecule has 1 rings (SSSR count). The highest BCUT2D eigenvalue weighted by molar-refractivity contribution is 7.15. The Bertz CT molecular complexity index is 365. The van der Waals surface area contributed by atoms with Crippen LogP contribution >= 0.6 is 11.3 Å². The topological polar surface area (TPSA) is 36.4 Å². The van der Waals surface area contributed by atoms with Gasteiger partial charge in [0.05, 0.1) is 17.2 Å². The summed E-state index contributed by atoms with van der Waals surface area (Å²) < 4.78 is 36.6. The summed E-state index contributed by atoms with van der Waals surface area (Å²) in [5, 5.41) is 9.40. The summed E-state index contributed by atoms with van der Waals surface area (Å²) >= 11 is 1.11. The van der Waals surface area contributed by atoms with Crippen LogP contribution in [-0.4, -0.2) is 29.9 Å². The Labute approximate surface area is 102 Å². The zero-order valence-corrected chi connectivity index (χ0v) is 10.5. The summed E-state index contributed by atoms with van der Waals surface area (Å²) in [6.07, 6.45) is -2.73. The number of aliphatic hydroxyl groups is 1. The maximum atomic E-state index is 12.2. The van der Waals surface area contributed by atoms with Crippen LogP contribution in [0, 0.1) is 0 Å². The average Bonchev–Trinajstić information content (AvgIpc) is 2.59. The zero-order valence-electron chi connectivity index (χ0n) is 9.71. The number of aliphatic hydroxyl groups excluding tert-OH is 1. The fourth-order valence-electron chi connectivity index (χ4n) is 1.43. The molecule has 1 N–H and O–H groups in total. The molecule has 0 aliphatic carbocycles. The van der Waals surface area contributed by atoms with Crippen LogP contribution in [0.2, 0.25) is 0 Å². The van der Waals surface area contributed by atoms with Gasteiger partial charge in [0.1, 0.15) is 6.54 Å². The lowest BCUT2D eigenvalue weighted by Crippen LogP contribution is -2.30. The fraction of sp³-hybridized carbons (Fsp3) is 0.700. The lowest BCUT2D eigenvalue weighted by Gasteiger charge is -2.17. The van der Waals surface area contributed by atoms with Gasteiger partial charge in [-0.15, -0.1) is 0 Å². The van der Waals surface area contributed by atoms with Crippen molar-refractivity contribution in [2.75, 3.05) is 18.5 Å². The van der Waals surface area contributed by atoms with Crippen LogP contribution in [0.3, 0.4) is 0 Å². The molecule has 0 amide bonds. The third kappa shape index (κ3) is 4.16. The molecule has 98 valence electrons. The first-order valence-corrected chi connectivity index (χ1v) is 6.06. The van der Waals surface area contributed by atoms with E-state index in [9.17, 15) is 13.2 Å². The normalized spacial score (nSPS) is 11.9. The molecule has 0 aliphatic rings. The Balaban J connectivity index is 2.83. The summed E-state index contributed by atoms with van der Waals surface area (Å²) in [5.74, 6) is 0. The van der Waals surface area contributed by atoms with E-state index >= 15 is 0 Å². The molecule has 0 radical (unpaired) electrons. The standard InChI is InChI=1S/C10H15F3N2OS/c1-3-4-7-8(5-16)17-9(14-7)15(2)6-10(11,12)13/h16H,3-6H2,1-2H3. The number of halogens is 3. The minimum absolute atomic E-state index is 0.174. The van der Waals surface area contributed by atoms with E-state index in [0.717, 1.165) is 22.7 Å². The molecule has 0 aliphatic heterocycles. The quantitative estimate of drug-likeness (QED) is 0.891. The van der Waals surface area contributed by atoms with Crippen LogP contribution in [0.25, 0.3) is 0 Å². The van der Waals surface area contributed by atoms with Crippen LogP contribution in [-0.2, 0) is 13.0 Å². The number of anilines is 1. The van der Waals surface area contributed by atoms with E-state index < -0.39 is 12.7 Å². The first-order chi connectivity index (χ1) is 7.87. The van der Waals surface area contributed by atoms with Gasteiger partial charge in [0, 0.05) is 7.05 Å². The zero-order chi connectivity index (χ0) is 13.1. The largest absolute Gasteiger partial charge is 0.405 e. The lowest BCUT2D eigenvalue weighted by atomic mass is 10.2. The van der Waals surface area contributed by atoms with Crippen molar-refractivity contribution >= 4 is 16.5 Å². The fourth-order valence-corrected chi connectivity index (χ4v) is 2.35. The van der Waals surface area contributed by atoms with E-state index in [1.807, 2.05) is 6.92 Å². The highest BCUT2D eigenvalue weighted by Crippen LogP contribution is 2.28. The highest BCUT2D eigenvalue weighted by atomic mass is 32.1. The molecular formula is C10H15F3N2OS. The molecule has 7 heteroatoms. The molecule has 1 heterocycles. The molecule has 0 atom stereocenters. The van der Waals surface area contributed by atoms with Gasteiger partial charge in [0.2, 0.25) is 0 Å². The van der Waals surface area contributed by atoms with Gasteiger partial charge in [0.15, 0.2) is 5.13 Å². The molecule has 0 saturated heterocycles. The number of alkyl halides is 3. The second-order valence-corrected chi connectivity index (χ2v) is 4.81. The minimum atomic E-state index is -4.25. The number of thiazole rings is 1. The predicted octanol–water partition coefficient (Wildman–Crippen LogP) is 2.59. The Morgan fingerprint density at radius 1 is 1.41 bits per heavy atom. The van der Waals surface area contributed by atoms with Crippen molar-refractivity contribution in [1.82, 2.24) is 4.98 Å². The van der Waals surface area contributed by atoms with Gasteiger partial charge in [-0.1, -0.05) is 24.7 Å². The van der Waals surface area contributed by atoms with Crippen LogP contribution < -0.4 is 4.90 Å². The number of aryl methyl sites for hydroxylation is 1. The molecule has 1 aromatic heterocycles. The van der Waals surface area contributed by atoms with E-state index in [1.165, 1.54) is 7.05 Å². The lowest BCUT2D eigenvalue weighted by molar-refractivity contribution is -0.119. The van der Waals surface area contributed by atoms with Crippen molar-refractivity contribution in [3.05, 3.63) is 10.6 Å². The molecule has 1 aromatic rings. The highest BCUT2D eigenvalue weighted by Gasteiger charge is 2.30. The smallest absolute Gasteiger partial charge is 0.391 e. The number of rotatable bonds is 5. The van der Waals surface area contributed by atoms with Crippen molar-refractivity contribution in [2.24, 2.45) is 0 Å². The number of nitrogens with zero attached hydrogens (tertiary/aromatic N) is 2. The number of aromatic nitrogens is 1. The first-order valence-electron chi connectivity index (χ1n) is 5.24. The van der Waals surface area contributed by atoms with Crippen molar-refractivity contribution in [2.45, 2.75) is 32.5 Å². The van der Waals surface area contributed by atoms with Gasteiger partial charge >= 0.3 is 6.18 Å². The van der Waals surface area contributed by atoms with E-state index in [4.69, 9.17) is 5.11 Å². The van der Waals surface area contributed by atoms with Crippen molar-refractivity contribution in [1.29, 1.82) is 0 Å². The van der Waals surface area contributed by atoms with Crippen LogP contribution in [0.1, 0.15) is 23.9 Å². The van der Waals surface area contributed by atoms with E-state index in [-0.39, 0.29) is 6.61 Å². The van der Waals surface area contributed by atoms with Crippen molar-refractivity contribution < 1.29 is 18.3 Å². The predicted molar refractivity (Wildman–Crippen MR) is 61.4 cm³/mol. The van der Waals surface area contributed by atoms with Crippen molar-refractivity contribution in [3.8, 4) is 0 Å². The average molecular weight is 268 g/mol. The van der Waals surface area contributed by atoms with Crippen molar-refractivity contribution in [3.63, 3.8) is 0 Å². The summed E-state index contributed by atoms with van der Waals surface area (Å²) in [4.78, 5) is 5.85. The van der Waals surface area contributed by atoms with Gasteiger partial charge in [-0.05, 0) is 6.42 Å². The summed E-state index contributed by atoms with van der Waals surface area (Å²) in [7, 11) is 1.35. The third-order valence-electron chi connectivity index (χ3n) is 2.14. The molecule has 0 fully saturated rings. The molecule has 17 heavy (non-hydrogen) atoms. The van der Waals surface area contributed by atoms with Gasteiger partial charge in [-0.2, -0.15) is 13.2 Å². The monoisotopic (exact) mass is 268 g/mol. The summed E-state index contributed by atoms with van der Waals surface area (Å²) in [6, 6.07) is 0. The Kier molecular flexibility index (Phi) is 4.76. The molecule has 0 bridgehead atoms. The SMILES string of the molecule is CCCc1nc(N(C)CC(F)(F)F)sc1CO. The minimum Gasteiger partial charge on any atom is -0.391 e. The van der Waals surface area contributed by atoms with Crippen LogP contribution in [0.5, 0.6) is 0 Å². The Hall–Kier alpha value is -0.820. The summed E-state index contributed by atoms with van der Waals surface area (Å²) in [5.41, 5.74) is 0.698.